The van der Waals surface area contributed by atoms with Gasteiger partial charge in [-0.2, -0.15) is 0 Å². The molecule has 0 rings (SSSR count). The van der Waals surface area contributed by atoms with Gasteiger partial charge in [0.2, 0.25) is 0 Å². The summed E-state index contributed by atoms with van der Waals surface area (Å²) in [5.74, 6) is -0.520. The Morgan fingerprint density at radius 2 is 1.67 bits per heavy atom. The van der Waals surface area contributed by atoms with E-state index < -0.39 is 17.6 Å². The number of methoxy groups -OCH3 is 2. The maximum absolute atomic E-state index is 11.0. The Morgan fingerprint density at radius 1 is 1.17 bits per heavy atom. The zero-order valence-electron chi connectivity index (χ0n) is 7.63. The summed E-state index contributed by atoms with van der Waals surface area (Å²) >= 11 is 0. The summed E-state index contributed by atoms with van der Waals surface area (Å²) < 4.78 is 8.77. The number of esters is 1. The number of hydrogen-bond donors (Lipinski definition) is 1. The van der Waals surface area contributed by atoms with Crippen molar-refractivity contribution in [3.8, 4) is 0 Å². The van der Waals surface area contributed by atoms with Crippen LogP contribution in [0.5, 0.6) is 0 Å². The second kappa shape index (κ2) is 3.94. The molecule has 12 heavy (non-hydrogen) atoms. The maximum Gasteiger partial charge on any atom is 0.407 e. The van der Waals surface area contributed by atoms with Crippen molar-refractivity contribution in [3.63, 3.8) is 0 Å². The van der Waals surface area contributed by atoms with Crippen LogP contribution >= 0.6 is 0 Å². The zero-order chi connectivity index (χ0) is 9.78. The van der Waals surface area contributed by atoms with Crippen LogP contribution in [0.25, 0.3) is 0 Å². The first-order chi connectivity index (χ1) is 5.44. The molecule has 0 aromatic rings. The summed E-state index contributed by atoms with van der Waals surface area (Å²) in [5.41, 5.74) is -1.05. The van der Waals surface area contributed by atoms with Crippen molar-refractivity contribution >= 4 is 12.1 Å². The van der Waals surface area contributed by atoms with E-state index in [1.807, 2.05) is 0 Å². The van der Waals surface area contributed by atoms with E-state index >= 15 is 0 Å². The number of amides is 1. The Hall–Kier alpha value is -1.26. The fraction of sp³-hybridized carbons (Fsp3) is 0.714. The number of carbonyl (C=O) groups excluding carboxylic acids is 2. The molecule has 0 saturated heterocycles. The van der Waals surface area contributed by atoms with Gasteiger partial charge in [-0.05, 0) is 13.8 Å². The molecule has 0 heterocycles. The zero-order valence-corrected chi connectivity index (χ0v) is 7.63. The smallest absolute Gasteiger partial charge is 0.407 e. The average molecular weight is 175 g/mol. The third-order valence-corrected chi connectivity index (χ3v) is 1.30. The standard InChI is InChI=1S/C7H13NO4/c1-7(2,5(9)11-3)8-6(10)12-4/h1-4H3,(H,8,10). The second-order valence-electron chi connectivity index (χ2n) is 2.73. The number of ether oxygens (including phenoxy) is 2. The Balaban J connectivity index is 4.21. The number of rotatable bonds is 2. The van der Waals surface area contributed by atoms with Gasteiger partial charge in [0.25, 0.3) is 0 Å². The SMILES string of the molecule is COC(=O)NC(C)(C)C(=O)OC. The predicted molar refractivity (Wildman–Crippen MR) is 41.6 cm³/mol. The lowest BCUT2D eigenvalue weighted by atomic mass is 10.1. The Kier molecular flexibility index (Phi) is 3.53. The fourth-order valence-electron chi connectivity index (χ4n) is 0.612. The van der Waals surface area contributed by atoms with Gasteiger partial charge >= 0.3 is 12.1 Å². The van der Waals surface area contributed by atoms with Crippen molar-refractivity contribution in [2.75, 3.05) is 14.2 Å². The van der Waals surface area contributed by atoms with E-state index in [1.54, 1.807) is 0 Å². The monoisotopic (exact) mass is 175 g/mol. The van der Waals surface area contributed by atoms with Gasteiger partial charge in [-0.1, -0.05) is 0 Å². The van der Waals surface area contributed by atoms with Crippen LogP contribution in [0.3, 0.4) is 0 Å². The van der Waals surface area contributed by atoms with E-state index in [-0.39, 0.29) is 0 Å². The lowest BCUT2D eigenvalue weighted by Gasteiger charge is -2.21. The highest BCUT2D eigenvalue weighted by molar-refractivity contribution is 5.84. The molecule has 0 aromatic carbocycles. The summed E-state index contributed by atoms with van der Waals surface area (Å²) in [6.07, 6.45) is -0.662. The molecule has 0 aliphatic rings. The first-order valence-electron chi connectivity index (χ1n) is 3.38. The molecular formula is C7H13NO4. The molecule has 0 saturated carbocycles. The molecule has 0 bridgehead atoms. The maximum atomic E-state index is 11.0. The van der Waals surface area contributed by atoms with Gasteiger partial charge in [-0.25, -0.2) is 9.59 Å². The molecule has 70 valence electrons. The highest BCUT2D eigenvalue weighted by Gasteiger charge is 2.30. The molecule has 5 nitrogen and oxygen atoms in total. The lowest BCUT2D eigenvalue weighted by molar-refractivity contribution is -0.146. The number of hydrogen-bond acceptors (Lipinski definition) is 4. The largest absolute Gasteiger partial charge is 0.467 e. The van der Waals surface area contributed by atoms with Crippen molar-refractivity contribution in [3.05, 3.63) is 0 Å². The molecule has 5 heteroatoms. The molecule has 0 radical (unpaired) electrons. The average Bonchev–Trinajstić information content (AvgIpc) is 2.02. The normalized spacial score (nSPS) is 10.3. The van der Waals surface area contributed by atoms with Crippen molar-refractivity contribution in [2.45, 2.75) is 19.4 Å². The van der Waals surface area contributed by atoms with Crippen molar-refractivity contribution < 1.29 is 19.1 Å². The van der Waals surface area contributed by atoms with E-state index in [2.05, 4.69) is 14.8 Å². The molecule has 0 unspecified atom stereocenters. The van der Waals surface area contributed by atoms with Crippen LogP contribution in [0.4, 0.5) is 4.79 Å². The van der Waals surface area contributed by atoms with E-state index in [0.717, 1.165) is 0 Å². The summed E-state index contributed by atoms with van der Waals surface area (Å²) in [6, 6.07) is 0. The van der Waals surface area contributed by atoms with Crippen LogP contribution in [0, 0.1) is 0 Å². The molecule has 0 aliphatic carbocycles. The van der Waals surface area contributed by atoms with Crippen molar-refractivity contribution in [1.82, 2.24) is 5.32 Å². The Bertz CT molecular complexity index is 188. The van der Waals surface area contributed by atoms with E-state index in [9.17, 15) is 9.59 Å². The third-order valence-electron chi connectivity index (χ3n) is 1.30. The minimum atomic E-state index is -1.05. The van der Waals surface area contributed by atoms with Crippen LogP contribution < -0.4 is 5.32 Å². The summed E-state index contributed by atoms with van der Waals surface area (Å²) in [7, 11) is 2.48. The molecule has 0 aromatic heterocycles. The predicted octanol–water partition coefficient (Wildman–Crippen LogP) is 0.294. The summed E-state index contributed by atoms with van der Waals surface area (Å²) in [4.78, 5) is 21.7. The molecule has 0 spiro atoms. The number of carbonyl (C=O) groups is 2. The second-order valence-corrected chi connectivity index (χ2v) is 2.73. The minimum absolute atomic E-state index is 0.520. The van der Waals surface area contributed by atoms with Crippen LogP contribution in [0.15, 0.2) is 0 Å². The molecule has 0 fully saturated rings. The molecule has 0 aliphatic heterocycles. The van der Waals surface area contributed by atoms with Crippen LogP contribution in [-0.4, -0.2) is 31.8 Å². The Morgan fingerprint density at radius 3 is 2.00 bits per heavy atom. The van der Waals surface area contributed by atoms with E-state index in [4.69, 9.17) is 0 Å². The van der Waals surface area contributed by atoms with Gasteiger partial charge in [-0.15, -0.1) is 0 Å². The quantitative estimate of drug-likeness (QED) is 0.613. The summed E-state index contributed by atoms with van der Waals surface area (Å²) in [5, 5.41) is 2.32. The number of alkyl carbamates (subject to hydrolysis) is 1. The molecule has 1 N–H and O–H groups in total. The minimum Gasteiger partial charge on any atom is -0.467 e. The first-order valence-corrected chi connectivity index (χ1v) is 3.38. The third kappa shape index (κ3) is 2.77. The van der Waals surface area contributed by atoms with Crippen molar-refractivity contribution in [2.24, 2.45) is 0 Å². The highest BCUT2D eigenvalue weighted by atomic mass is 16.5. The van der Waals surface area contributed by atoms with Gasteiger partial charge in [0, 0.05) is 0 Å². The highest BCUT2D eigenvalue weighted by Crippen LogP contribution is 2.04. The van der Waals surface area contributed by atoms with E-state index in [1.165, 1.54) is 28.1 Å². The summed E-state index contributed by atoms with van der Waals surface area (Å²) in [6.45, 7) is 3.05. The van der Waals surface area contributed by atoms with Crippen LogP contribution in [-0.2, 0) is 14.3 Å². The topological polar surface area (TPSA) is 64.6 Å². The van der Waals surface area contributed by atoms with Gasteiger partial charge < -0.3 is 14.8 Å². The molecule has 0 atom stereocenters. The molecular weight excluding hydrogens is 162 g/mol. The fourth-order valence-corrected chi connectivity index (χ4v) is 0.612. The van der Waals surface area contributed by atoms with Crippen LogP contribution in [0.1, 0.15) is 13.8 Å². The first kappa shape index (κ1) is 10.7. The Labute approximate surface area is 71.0 Å². The van der Waals surface area contributed by atoms with Crippen LogP contribution in [0.2, 0.25) is 0 Å². The van der Waals surface area contributed by atoms with Crippen molar-refractivity contribution in [1.29, 1.82) is 0 Å². The lowest BCUT2D eigenvalue weighted by Crippen LogP contribution is -2.50. The van der Waals surface area contributed by atoms with Gasteiger partial charge in [0.1, 0.15) is 5.54 Å². The van der Waals surface area contributed by atoms with Gasteiger partial charge in [0.15, 0.2) is 0 Å². The van der Waals surface area contributed by atoms with Gasteiger partial charge in [-0.3, -0.25) is 0 Å². The molecule has 1 amide bonds. The van der Waals surface area contributed by atoms with E-state index in [0.29, 0.717) is 0 Å². The van der Waals surface area contributed by atoms with Gasteiger partial charge in [0.05, 0.1) is 14.2 Å². The number of nitrogens with one attached hydrogen (secondary N) is 1.